The summed E-state index contributed by atoms with van der Waals surface area (Å²) in [6.07, 6.45) is 5.47. The van der Waals surface area contributed by atoms with Gasteiger partial charge in [0.25, 0.3) is 0 Å². The topological polar surface area (TPSA) is 69.4 Å². The van der Waals surface area contributed by atoms with Gasteiger partial charge in [-0.15, -0.1) is 0 Å². The second-order valence-electron chi connectivity index (χ2n) is 5.36. The van der Waals surface area contributed by atoms with Crippen molar-refractivity contribution in [1.29, 1.82) is 0 Å². The van der Waals surface area contributed by atoms with Gasteiger partial charge >= 0.3 is 0 Å². The van der Waals surface area contributed by atoms with Gasteiger partial charge in [-0.05, 0) is 38.0 Å². The van der Waals surface area contributed by atoms with Crippen LogP contribution in [0.1, 0.15) is 38.5 Å². The third-order valence-corrected chi connectivity index (χ3v) is 6.42. The molecule has 2 aliphatic heterocycles. The van der Waals surface area contributed by atoms with Crippen molar-refractivity contribution in [3.63, 3.8) is 0 Å². The molecule has 2 unspecified atom stereocenters. The Hall–Kier alpha value is -0.130. The zero-order valence-electron chi connectivity index (χ0n) is 10.3. The molecule has 2 rings (SSSR count). The highest BCUT2D eigenvalue weighted by Crippen LogP contribution is 2.27. The lowest BCUT2D eigenvalue weighted by atomic mass is 9.90. The first kappa shape index (κ1) is 13.3. The second-order valence-corrected chi connectivity index (χ2v) is 7.70. The molecule has 0 saturated carbocycles. The van der Waals surface area contributed by atoms with Gasteiger partial charge in [0, 0.05) is 19.3 Å². The highest BCUT2D eigenvalue weighted by atomic mass is 32.2. The lowest BCUT2D eigenvalue weighted by Gasteiger charge is -2.31. The lowest BCUT2D eigenvalue weighted by Crippen LogP contribution is -2.45. The maximum atomic E-state index is 12.0. The van der Waals surface area contributed by atoms with Crippen LogP contribution >= 0.6 is 0 Å². The van der Waals surface area contributed by atoms with Crippen molar-refractivity contribution >= 4 is 9.84 Å². The monoisotopic (exact) mass is 261 g/mol. The van der Waals surface area contributed by atoms with Crippen molar-refractivity contribution < 1.29 is 13.2 Å². The molecular weight excluding hydrogens is 238 g/mol. The molecule has 0 aromatic rings. The van der Waals surface area contributed by atoms with Crippen LogP contribution in [0.2, 0.25) is 0 Å². The van der Waals surface area contributed by atoms with Gasteiger partial charge in [0.2, 0.25) is 0 Å². The van der Waals surface area contributed by atoms with Crippen molar-refractivity contribution in [2.45, 2.75) is 49.8 Å². The van der Waals surface area contributed by atoms with E-state index in [0.29, 0.717) is 11.7 Å². The number of hydrogen-bond acceptors (Lipinski definition) is 4. The summed E-state index contributed by atoms with van der Waals surface area (Å²) in [6, 6.07) is -0.177. The molecule has 0 aromatic heterocycles. The number of hydrogen-bond donors (Lipinski definition) is 1. The molecule has 2 saturated heterocycles. The summed E-state index contributed by atoms with van der Waals surface area (Å²) in [5, 5.41) is -0.293. The Morgan fingerprint density at radius 2 is 1.88 bits per heavy atom. The molecule has 2 aliphatic rings. The van der Waals surface area contributed by atoms with E-state index in [1.165, 1.54) is 0 Å². The molecule has 4 nitrogen and oxygen atoms in total. The molecule has 0 bridgehead atoms. The molecule has 0 amide bonds. The summed E-state index contributed by atoms with van der Waals surface area (Å²) in [4.78, 5) is 0. The molecule has 100 valence electrons. The number of nitrogens with two attached hydrogens (primary N) is 1. The van der Waals surface area contributed by atoms with Gasteiger partial charge in [0.15, 0.2) is 9.84 Å². The van der Waals surface area contributed by atoms with Crippen LogP contribution in [0.15, 0.2) is 0 Å². The minimum atomic E-state index is -2.93. The van der Waals surface area contributed by atoms with Crippen molar-refractivity contribution in [3.05, 3.63) is 0 Å². The summed E-state index contributed by atoms with van der Waals surface area (Å²) in [7, 11) is -2.93. The van der Waals surface area contributed by atoms with Gasteiger partial charge in [-0.2, -0.15) is 0 Å². The first-order valence-electron chi connectivity index (χ1n) is 6.64. The fraction of sp³-hybridized carbons (Fsp3) is 1.00. The van der Waals surface area contributed by atoms with Crippen LogP contribution in [0.5, 0.6) is 0 Å². The van der Waals surface area contributed by atoms with Crippen LogP contribution in [-0.4, -0.2) is 38.7 Å². The fourth-order valence-electron chi connectivity index (χ4n) is 2.98. The van der Waals surface area contributed by atoms with Crippen molar-refractivity contribution in [1.82, 2.24) is 0 Å². The van der Waals surface area contributed by atoms with Gasteiger partial charge in [0.05, 0.1) is 11.0 Å². The van der Waals surface area contributed by atoms with E-state index in [2.05, 4.69) is 0 Å². The average Bonchev–Trinajstić information content (AvgIpc) is 2.29. The van der Waals surface area contributed by atoms with Gasteiger partial charge in [-0.1, -0.05) is 6.42 Å². The molecule has 0 radical (unpaired) electrons. The molecule has 0 aliphatic carbocycles. The Kier molecular flexibility index (Phi) is 4.44. The predicted octanol–water partition coefficient (Wildman–Crippen LogP) is 1.10. The van der Waals surface area contributed by atoms with Gasteiger partial charge < -0.3 is 10.5 Å². The first-order valence-corrected chi connectivity index (χ1v) is 8.36. The van der Waals surface area contributed by atoms with Crippen LogP contribution < -0.4 is 5.73 Å². The molecule has 2 heterocycles. The van der Waals surface area contributed by atoms with E-state index in [1.807, 2.05) is 0 Å². The molecule has 2 fully saturated rings. The molecule has 17 heavy (non-hydrogen) atoms. The summed E-state index contributed by atoms with van der Waals surface area (Å²) in [6.45, 7) is 1.60. The van der Waals surface area contributed by atoms with E-state index < -0.39 is 9.84 Å². The normalized spacial score (nSPS) is 32.2. The Bertz CT molecular complexity index is 336. The predicted molar refractivity (Wildman–Crippen MR) is 67.6 cm³/mol. The SMILES string of the molecule is NC(CC1CCOCC1)C1CCCCS1(=O)=O. The van der Waals surface area contributed by atoms with Crippen LogP contribution in [0.3, 0.4) is 0 Å². The first-order chi connectivity index (χ1) is 8.09. The van der Waals surface area contributed by atoms with Crippen molar-refractivity contribution in [2.75, 3.05) is 19.0 Å². The minimum Gasteiger partial charge on any atom is -0.381 e. The highest BCUT2D eigenvalue weighted by molar-refractivity contribution is 7.92. The van der Waals surface area contributed by atoms with Crippen LogP contribution in [-0.2, 0) is 14.6 Å². The quantitative estimate of drug-likeness (QED) is 0.826. The molecule has 5 heteroatoms. The van der Waals surface area contributed by atoms with Crippen LogP contribution in [0.25, 0.3) is 0 Å². The maximum Gasteiger partial charge on any atom is 0.154 e. The Morgan fingerprint density at radius 3 is 2.53 bits per heavy atom. The van der Waals surface area contributed by atoms with E-state index in [-0.39, 0.29) is 11.3 Å². The number of sulfone groups is 1. The zero-order chi connectivity index (χ0) is 12.3. The van der Waals surface area contributed by atoms with E-state index in [9.17, 15) is 8.42 Å². The van der Waals surface area contributed by atoms with Gasteiger partial charge in [-0.25, -0.2) is 8.42 Å². The Balaban J connectivity index is 1.91. The molecule has 2 N–H and O–H groups in total. The van der Waals surface area contributed by atoms with Gasteiger partial charge in [0.1, 0.15) is 0 Å². The molecule has 0 spiro atoms. The highest BCUT2D eigenvalue weighted by Gasteiger charge is 2.34. The third kappa shape index (κ3) is 3.42. The smallest absolute Gasteiger partial charge is 0.154 e. The van der Waals surface area contributed by atoms with E-state index in [1.54, 1.807) is 0 Å². The average molecular weight is 261 g/mol. The Labute approximate surface area is 104 Å². The fourth-order valence-corrected chi connectivity index (χ4v) is 5.06. The van der Waals surface area contributed by atoms with E-state index in [4.69, 9.17) is 10.5 Å². The van der Waals surface area contributed by atoms with Crippen molar-refractivity contribution in [2.24, 2.45) is 11.7 Å². The minimum absolute atomic E-state index is 0.177. The molecular formula is C12H23NO3S. The second kappa shape index (κ2) is 5.67. The third-order valence-electron chi connectivity index (χ3n) is 4.05. The van der Waals surface area contributed by atoms with Crippen molar-refractivity contribution in [3.8, 4) is 0 Å². The Morgan fingerprint density at radius 1 is 1.18 bits per heavy atom. The number of rotatable bonds is 3. The summed E-state index contributed by atoms with van der Waals surface area (Å²) in [5.41, 5.74) is 6.13. The molecule has 0 aromatic carbocycles. The van der Waals surface area contributed by atoms with Crippen LogP contribution in [0, 0.1) is 5.92 Å². The standard InChI is InChI=1S/C12H23NO3S/c13-11(9-10-4-6-16-7-5-10)12-3-1-2-8-17(12,14)15/h10-12H,1-9,13H2. The lowest BCUT2D eigenvalue weighted by molar-refractivity contribution is 0.0616. The summed E-state index contributed by atoms with van der Waals surface area (Å²) < 4.78 is 29.2. The summed E-state index contributed by atoms with van der Waals surface area (Å²) in [5.74, 6) is 0.884. The number of ether oxygens (including phenoxy) is 1. The largest absolute Gasteiger partial charge is 0.381 e. The van der Waals surface area contributed by atoms with Crippen LogP contribution in [0.4, 0.5) is 0 Å². The maximum absolute atomic E-state index is 12.0. The summed E-state index contributed by atoms with van der Waals surface area (Å²) >= 11 is 0. The van der Waals surface area contributed by atoms with E-state index in [0.717, 1.165) is 51.7 Å². The molecule has 2 atom stereocenters. The zero-order valence-corrected chi connectivity index (χ0v) is 11.1. The van der Waals surface area contributed by atoms with Gasteiger partial charge in [-0.3, -0.25) is 0 Å². The van der Waals surface area contributed by atoms with E-state index >= 15 is 0 Å².